The van der Waals surface area contributed by atoms with Gasteiger partial charge in [-0.3, -0.25) is 19.9 Å². The van der Waals surface area contributed by atoms with Crippen LogP contribution >= 0.6 is 0 Å². The predicted molar refractivity (Wildman–Crippen MR) is 226 cm³/mol. The third kappa shape index (κ3) is 9.79. The Labute approximate surface area is 355 Å². The van der Waals surface area contributed by atoms with E-state index in [1.807, 2.05) is 48.5 Å². The van der Waals surface area contributed by atoms with Gasteiger partial charge in [0.2, 0.25) is 0 Å². The zero-order chi connectivity index (χ0) is 42.7. The molecule has 0 unspecified atom stereocenters. The smallest absolute Gasteiger partial charge is 0.345 e. The van der Waals surface area contributed by atoms with Crippen LogP contribution in [-0.4, -0.2) is 43.8 Å². The van der Waals surface area contributed by atoms with E-state index in [0.717, 1.165) is 22.3 Å². The molecule has 0 aliphatic carbocycles. The summed E-state index contributed by atoms with van der Waals surface area (Å²) in [5.74, 6) is -1.73. The molecule has 0 bridgehead atoms. The fraction of sp³-hybridized carbons (Fsp3) is 0.0400. The summed E-state index contributed by atoms with van der Waals surface area (Å²) in [6.07, 6.45) is 12.0. The molecule has 4 aromatic heterocycles. The van der Waals surface area contributed by atoms with Crippen LogP contribution in [0.25, 0.3) is 0 Å². The number of benzene rings is 4. The van der Waals surface area contributed by atoms with Crippen LogP contribution in [0, 0.1) is 0 Å². The molecular weight excluding hydrogens is 785 g/mol. The molecule has 0 saturated heterocycles. The van der Waals surface area contributed by atoms with Crippen LogP contribution in [0.4, 0.5) is 0 Å². The van der Waals surface area contributed by atoms with Crippen LogP contribution in [0.5, 0.6) is 23.0 Å². The van der Waals surface area contributed by atoms with Crippen LogP contribution in [0.1, 0.15) is 75.5 Å². The average molecular weight is 819 g/mol. The lowest BCUT2D eigenvalue weighted by Gasteiger charge is -2.30. The first-order chi connectivity index (χ1) is 30.4. The number of pyridine rings is 4. The zero-order valence-electron chi connectivity index (χ0n) is 32.7. The normalized spacial score (nSPS) is 10.8. The minimum atomic E-state index is -0.551. The van der Waals surface area contributed by atoms with Gasteiger partial charge in [0, 0.05) is 61.4 Å². The molecule has 0 aliphatic rings. The third-order valence-corrected chi connectivity index (χ3v) is 9.72. The van der Waals surface area contributed by atoms with Crippen molar-refractivity contribution < 1.29 is 38.1 Å². The van der Waals surface area contributed by atoms with Crippen LogP contribution in [0.3, 0.4) is 0 Å². The summed E-state index contributed by atoms with van der Waals surface area (Å²) in [7, 11) is 0. The van der Waals surface area contributed by atoms with Crippen LogP contribution in [-0.2, 0) is 0 Å². The largest absolute Gasteiger partial charge is 0.423 e. The maximum Gasteiger partial charge on any atom is 0.345 e. The molecule has 12 nitrogen and oxygen atoms in total. The summed E-state index contributed by atoms with van der Waals surface area (Å²) in [6, 6.07) is 42.0. The molecule has 0 radical (unpaired) electrons. The van der Waals surface area contributed by atoms with Crippen molar-refractivity contribution in [1.29, 1.82) is 0 Å². The van der Waals surface area contributed by atoms with Crippen molar-refractivity contribution in [3.63, 3.8) is 0 Å². The van der Waals surface area contributed by atoms with Gasteiger partial charge in [-0.05, 0) is 119 Å². The van der Waals surface area contributed by atoms with E-state index in [-0.39, 0.29) is 0 Å². The average Bonchev–Trinajstić information content (AvgIpc) is 3.33. The molecule has 0 N–H and O–H groups in total. The van der Waals surface area contributed by atoms with Gasteiger partial charge in [0.15, 0.2) is 0 Å². The van der Waals surface area contributed by atoms with E-state index in [1.54, 1.807) is 122 Å². The fourth-order valence-electron chi connectivity index (χ4n) is 6.73. The van der Waals surface area contributed by atoms with Gasteiger partial charge < -0.3 is 18.9 Å². The Kier molecular flexibility index (Phi) is 12.3. The van der Waals surface area contributed by atoms with Gasteiger partial charge in [-0.25, -0.2) is 19.2 Å². The number of carbonyl (C=O) groups excluding carboxylic acids is 4. The molecule has 0 saturated carbocycles. The van der Waals surface area contributed by atoms with E-state index < -0.39 is 35.7 Å². The summed E-state index contributed by atoms with van der Waals surface area (Å²) in [5, 5.41) is 0. The number of aromatic nitrogens is 4. The minimum absolute atomic E-state index is 0.308. The molecule has 4 aromatic carbocycles. The molecule has 8 rings (SSSR count). The van der Waals surface area contributed by atoms with Crippen molar-refractivity contribution in [3.05, 3.63) is 240 Å². The summed E-state index contributed by atoms with van der Waals surface area (Å²) in [5.41, 5.74) is 4.61. The molecule has 0 spiro atoms. The van der Waals surface area contributed by atoms with Crippen molar-refractivity contribution >= 4 is 23.9 Å². The maximum atomic E-state index is 12.9. The van der Waals surface area contributed by atoms with Crippen molar-refractivity contribution in [2.75, 3.05) is 0 Å². The van der Waals surface area contributed by atoms with E-state index in [9.17, 15) is 19.2 Å². The number of esters is 4. The number of nitrogens with zero attached hydrogens (tertiary/aromatic N) is 4. The highest BCUT2D eigenvalue weighted by molar-refractivity contribution is 5.92. The van der Waals surface area contributed by atoms with Crippen molar-refractivity contribution in [3.8, 4) is 23.0 Å². The molecule has 0 aliphatic heterocycles. The van der Waals surface area contributed by atoms with Gasteiger partial charge in [0.25, 0.3) is 0 Å². The van der Waals surface area contributed by atoms with E-state index in [0.29, 0.717) is 45.3 Å². The van der Waals surface area contributed by atoms with Gasteiger partial charge in [0.1, 0.15) is 23.0 Å². The Bertz CT molecular complexity index is 2390. The summed E-state index contributed by atoms with van der Waals surface area (Å²) < 4.78 is 22.8. The Morgan fingerprint density at radius 1 is 0.306 bits per heavy atom. The first-order valence-electron chi connectivity index (χ1n) is 19.3. The highest BCUT2D eigenvalue weighted by Crippen LogP contribution is 2.44. The van der Waals surface area contributed by atoms with E-state index in [1.165, 1.54) is 24.8 Å². The Balaban J connectivity index is 1.17. The number of hydrogen-bond donors (Lipinski definition) is 0. The maximum absolute atomic E-state index is 12.9. The Morgan fingerprint density at radius 3 is 0.694 bits per heavy atom. The molecule has 8 aromatic rings. The van der Waals surface area contributed by atoms with Crippen molar-refractivity contribution in [2.24, 2.45) is 0 Å². The van der Waals surface area contributed by atoms with Gasteiger partial charge in [-0.1, -0.05) is 48.5 Å². The molecule has 0 amide bonds. The monoisotopic (exact) mass is 818 g/mol. The summed E-state index contributed by atoms with van der Waals surface area (Å²) in [4.78, 5) is 67.7. The molecule has 12 heteroatoms. The quantitative estimate of drug-likeness (QED) is 0.0804. The lowest BCUT2D eigenvalue weighted by atomic mass is 9.73. The molecule has 0 fully saturated rings. The molecule has 0 atom stereocenters. The number of hydrogen-bond acceptors (Lipinski definition) is 12. The number of carbonyl (C=O) groups is 4. The minimum Gasteiger partial charge on any atom is -0.423 e. The number of ether oxygens (including phenoxy) is 4. The van der Waals surface area contributed by atoms with Crippen LogP contribution in [0.15, 0.2) is 195 Å². The molecular formula is C50H34N4O8. The second kappa shape index (κ2) is 19.0. The van der Waals surface area contributed by atoms with Crippen LogP contribution in [0.2, 0.25) is 0 Å². The van der Waals surface area contributed by atoms with E-state index in [2.05, 4.69) is 19.9 Å². The lowest BCUT2D eigenvalue weighted by molar-refractivity contribution is 0.0724. The number of rotatable bonds is 13. The van der Waals surface area contributed by atoms with Gasteiger partial charge in [-0.2, -0.15) is 0 Å². The standard InChI is InChI=1S/C50H34N4O8/c55-47(37-5-1-25-51-29-37)59-41-17-9-33(10-18-41)45(34-11-19-42(20-12-34)60-48(56)38-6-2-26-52-30-38)46(35-13-21-43(22-14-35)61-49(57)39-7-3-27-53-31-39)36-15-23-44(24-16-36)62-50(58)40-8-4-28-54-32-40/h1-32,45-46H. The van der Waals surface area contributed by atoms with Crippen LogP contribution < -0.4 is 18.9 Å². The van der Waals surface area contributed by atoms with Gasteiger partial charge in [0.05, 0.1) is 22.3 Å². The topological polar surface area (TPSA) is 157 Å². The lowest BCUT2D eigenvalue weighted by Crippen LogP contribution is -2.16. The second-order valence-corrected chi connectivity index (χ2v) is 13.8. The Morgan fingerprint density at radius 2 is 0.516 bits per heavy atom. The summed E-state index contributed by atoms with van der Waals surface area (Å²) in [6.45, 7) is 0. The first kappa shape index (κ1) is 40.2. The van der Waals surface area contributed by atoms with E-state index >= 15 is 0 Å². The molecule has 62 heavy (non-hydrogen) atoms. The van der Waals surface area contributed by atoms with E-state index in [4.69, 9.17) is 18.9 Å². The highest BCUT2D eigenvalue weighted by Gasteiger charge is 2.29. The second-order valence-electron chi connectivity index (χ2n) is 13.8. The van der Waals surface area contributed by atoms with Crippen molar-refractivity contribution in [1.82, 2.24) is 19.9 Å². The third-order valence-electron chi connectivity index (χ3n) is 9.72. The zero-order valence-corrected chi connectivity index (χ0v) is 32.7. The summed E-state index contributed by atoms with van der Waals surface area (Å²) >= 11 is 0. The predicted octanol–water partition coefficient (Wildman–Crippen LogP) is 9.11. The Hall–Kier alpha value is -8.64. The molecule has 4 heterocycles. The van der Waals surface area contributed by atoms with Gasteiger partial charge in [-0.15, -0.1) is 0 Å². The van der Waals surface area contributed by atoms with Crippen molar-refractivity contribution in [2.45, 2.75) is 11.8 Å². The molecule has 302 valence electrons. The SMILES string of the molecule is O=C(Oc1ccc(C(c2ccc(OC(=O)c3cccnc3)cc2)C(c2ccc(OC(=O)c3cccnc3)cc2)c2ccc(OC(=O)c3cccnc3)cc2)cc1)c1cccnc1. The van der Waals surface area contributed by atoms with Gasteiger partial charge >= 0.3 is 23.9 Å². The fourth-order valence-corrected chi connectivity index (χ4v) is 6.73. The highest BCUT2D eigenvalue weighted by atomic mass is 16.5. The first-order valence-corrected chi connectivity index (χ1v) is 19.3.